The summed E-state index contributed by atoms with van der Waals surface area (Å²) in [5, 5.41) is 2.99. The van der Waals surface area contributed by atoms with E-state index in [1.54, 1.807) is 0 Å². The van der Waals surface area contributed by atoms with Crippen LogP contribution in [0.15, 0.2) is 0 Å². The molecule has 1 rings (SSSR count). The third-order valence-corrected chi connectivity index (χ3v) is 2.32. The largest absolute Gasteiger partial charge is 0.351 e. The fourth-order valence-corrected chi connectivity index (χ4v) is 1.11. The van der Waals surface area contributed by atoms with Gasteiger partial charge in [0.25, 0.3) is 0 Å². The Balaban J connectivity index is 2.11. The average molecular weight is 173 g/mol. The molecule has 1 aliphatic rings. The lowest BCUT2D eigenvalue weighted by atomic mass is 10.2. The highest BCUT2D eigenvalue weighted by molar-refractivity contribution is 7.80. The van der Waals surface area contributed by atoms with Crippen LogP contribution in [0.4, 0.5) is 0 Å². The van der Waals surface area contributed by atoms with Gasteiger partial charge in [-0.25, -0.2) is 0 Å². The molecule has 1 aliphatic carbocycles. The summed E-state index contributed by atoms with van der Waals surface area (Å²) in [7, 11) is 0. The molecule has 0 saturated heterocycles. The molecule has 0 aromatic heterocycles. The summed E-state index contributed by atoms with van der Waals surface area (Å²) >= 11 is 4.04. The summed E-state index contributed by atoms with van der Waals surface area (Å²) in [6.07, 6.45) is 3.78. The summed E-state index contributed by atoms with van der Waals surface area (Å²) in [6, 6.07) is 0. The van der Waals surface area contributed by atoms with E-state index in [1.807, 2.05) is 0 Å². The molecule has 2 nitrogen and oxygen atoms in total. The van der Waals surface area contributed by atoms with Crippen LogP contribution >= 0.6 is 12.6 Å². The minimum absolute atomic E-state index is 0.147. The van der Waals surface area contributed by atoms with Crippen LogP contribution in [0.2, 0.25) is 0 Å². The first-order chi connectivity index (χ1) is 5.16. The van der Waals surface area contributed by atoms with E-state index in [1.165, 1.54) is 0 Å². The van der Waals surface area contributed by atoms with Gasteiger partial charge in [0, 0.05) is 12.0 Å². The third kappa shape index (κ3) is 3.14. The van der Waals surface area contributed by atoms with E-state index in [-0.39, 0.29) is 11.4 Å². The Hall–Kier alpha value is -0.180. The molecule has 1 N–H and O–H groups in total. The molecular weight excluding hydrogens is 158 g/mol. The van der Waals surface area contributed by atoms with Gasteiger partial charge < -0.3 is 5.32 Å². The fourth-order valence-electron chi connectivity index (χ4n) is 0.951. The second kappa shape index (κ2) is 3.48. The highest BCUT2D eigenvalue weighted by Crippen LogP contribution is 2.34. The lowest BCUT2D eigenvalue weighted by Gasteiger charge is -2.10. The molecule has 0 aliphatic heterocycles. The summed E-state index contributed by atoms with van der Waals surface area (Å²) in [5.74, 6) is 0.975. The van der Waals surface area contributed by atoms with Gasteiger partial charge in [-0.3, -0.25) is 4.79 Å². The van der Waals surface area contributed by atoms with Crippen molar-refractivity contribution in [3.63, 3.8) is 0 Å². The van der Waals surface area contributed by atoms with Crippen molar-refractivity contribution in [1.82, 2.24) is 5.32 Å². The summed E-state index contributed by atoms with van der Waals surface area (Å²) in [6.45, 7) is 2.09. The first kappa shape index (κ1) is 8.91. The Morgan fingerprint density at radius 2 is 2.27 bits per heavy atom. The van der Waals surface area contributed by atoms with Gasteiger partial charge in [-0.1, -0.05) is 0 Å². The number of rotatable bonds is 4. The van der Waals surface area contributed by atoms with E-state index in [0.29, 0.717) is 6.42 Å². The SMILES string of the molecule is CC1(NC(=O)CCCS)CC1. The van der Waals surface area contributed by atoms with Gasteiger partial charge in [0.2, 0.25) is 5.91 Å². The number of hydrogen-bond donors (Lipinski definition) is 2. The van der Waals surface area contributed by atoms with Crippen LogP contribution in [0.3, 0.4) is 0 Å². The van der Waals surface area contributed by atoms with Crippen LogP contribution in [0.1, 0.15) is 32.6 Å². The van der Waals surface area contributed by atoms with Gasteiger partial charge in [0.1, 0.15) is 0 Å². The van der Waals surface area contributed by atoms with Gasteiger partial charge >= 0.3 is 0 Å². The predicted molar refractivity (Wildman–Crippen MR) is 48.9 cm³/mol. The Bertz CT molecular complexity index is 154. The molecule has 0 aromatic rings. The molecule has 1 fully saturated rings. The van der Waals surface area contributed by atoms with Crippen molar-refractivity contribution in [1.29, 1.82) is 0 Å². The van der Waals surface area contributed by atoms with Gasteiger partial charge in [0.15, 0.2) is 0 Å². The van der Waals surface area contributed by atoms with Crippen LogP contribution in [0.5, 0.6) is 0 Å². The third-order valence-electron chi connectivity index (χ3n) is 2.00. The Morgan fingerprint density at radius 3 is 2.73 bits per heavy atom. The number of hydrogen-bond acceptors (Lipinski definition) is 2. The standard InChI is InChI=1S/C8H15NOS/c1-8(4-5-8)9-7(10)3-2-6-11/h11H,2-6H2,1H3,(H,9,10). The van der Waals surface area contributed by atoms with Crippen molar-refractivity contribution >= 4 is 18.5 Å². The minimum atomic E-state index is 0.147. The molecule has 0 aromatic carbocycles. The van der Waals surface area contributed by atoms with E-state index in [0.717, 1.165) is 25.0 Å². The highest BCUT2D eigenvalue weighted by Gasteiger charge is 2.38. The first-order valence-electron chi connectivity index (χ1n) is 4.08. The predicted octanol–water partition coefficient (Wildman–Crippen LogP) is 1.37. The van der Waals surface area contributed by atoms with Crippen LogP contribution in [-0.4, -0.2) is 17.2 Å². The number of amides is 1. The minimum Gasteiger partial charge on any atom is -0.351 e. The van der Waals surface area contributed by atoms with Crippen molar-refractivity contribution < 1.29 is 4.79 Å². The molecular formula is C8H15NOS. The van der Waals surface area contributed by atoms with Crippen molar-refractivity contribution in [2.24, 2.45) is 0 Å². The quantitative estimate of drug-likeness (QED) is 0.618. The zero-order valence-corrected chi connectivity index (χ0v) is 7.79. The zero-order chi connectivity index (χ0) is 8.32. The van der Waals surface area contributed by atoms with Crippen molar-refractivity contribution in [2.75, 3.05) is 5.75 Å². The molecule has 0 bridgehead atoms. The number of carbonyl (C=O) groups excluding carboxylic acids is 1. The lowest BCUT2D eigenvalue weighted by molar-refractivity contribution is -0.121. The van der Waals surface area contributed by atoms with Gasteiger partial charge in [-0.15, -0.1) is 0 Å². The van der Waals surface area contributed by atoms with Crippen LogP contribution in [-0.2, 0) is 4.79 Å². The molecule has 0 atom stereocenters. The maximum Gasteiger partial charge on any atom is 0.220 e. The van der Waals surface area contributed by atoms with Gasteiger partial charge in [-0.05, 0) is 31.9 Å². The average Bonchev–Trinajstić information content (AvgIpc) is 2.63. The monoisotopic (exact) mass is 173 g/mol. The Morgan fingerprint density at radius 1 is 1.64 bits per heavy atom. The molecule has 0 spiro atoms. The van der Waals surface area contributed by atoms with Crippen molar-refractivity contribution in [2.45, 2.75) is 38.1 Å². The van der Waals surface area contributed by atoms with Crippen LogP contribution < -0.4 is 5.32 Å². The smallest absolute Gasteiger partial charge is 0.220 e. The molecule has 0 unspecified atom stereocenters. The molecule has 0 radical (unpaired) electrons. The van der Waals surface area contributed by atoms with Crippen molar-refractivity contribution in [3.05, 3.63) is 0 Å². The Kier molecular flexibility index (Phi) is 2.82. The molecule has 0 heterocycles. The maximum absolute atomic E-state index is 11.1. The van der Waals surface area contributed by atoms with Gasteiger partial charge in [0.05, 0.1) is 0 Å². The van der Waals surface area contributed by atoms with Crippen molar-refractivity contribution in [3.8, 4) is 0 Å². The van der Waals surface area contributed by atoms with E-state index < -0.39 is 0 Å². The molecule has 11 heavy (non-hydrogen) atoms. The van der Waals surface area contributed by atoms with Crippen LogP contribution in [0.25, 0.3) is 0 Å². The van der Waals surface area contributed by atoms with E-state index in [4.69, 9.17) is 0 Å². The lowest BCUT2D eigenvalue weighted by Crippen LogP contribution is -2.33. The zero-order valence-electron chi connectivity index (χ0n) is 6.89. The fraction of sp³-hybridized carbons (Fsp3) is 0.875. The van der Waals surface area contributed by atoms with E-state index in [2.05, 4.69) is 24.9 Å². The second-order valence-electron chi connectivity index (χ2n) is 3.44. The number of thiol groups is 1. The molecule has 64 valence electrons. The molecule has 3 heteroatoms. The maximum atomic E-state index is 11.1. The second-order valence-corrected chi connectivity index (χ2v) is 3.88. The highest BCUT2D eigenvalue weighted by atomic mass is 32.1. The van der Waals surface area contributed by atoms with E-state index >= 15 is 0 Å². The summed E-state index contributed by atoms with van der Waals surface area (Å²) in [5.41, 5.74) is 0.147. The number of carbonyl (C=O) groups is 1. The van der Waals surface area contributed by atoms with Gasteiger partial charge in [-0.2, -0.15) is 12.6 Å². The van der Waals surface area contributed by atoms with E-state index in [9.17, 15) is 4.79 Å². The summed E-state index contributed by atoms with van der Waals surface area (Å²) in [4.78, 5) is 11.1. The number of nitrogens with one attached hydrogen (secondary N) is 1. The first-order valence-corrected chi connectivity index (χ1v) is 4.71. The molecule has 1 amide bonds. The molecule has 1 saturated carbocycles. The van der Waals surface area contributed by atoms with Crippen LogP contribution in [0, 0.1) is 0 Å². The Labute approximate surface area is 73.2 Å². The topological polar surface area (TPSA) is 29.1 Å². The summed E-state index contributed by atoms with van der Waals surface area (Å²) < 4.78 is 0. The normalized spacial score (nSPS) is 19.5.